The Bertz CT molecular complexity index is 1080. The molecule has 2 aromatic heterocycles. The Morgan fingerprint density at radius 1 is 1.08 bits per heavy atom. The Hall–Kier alpha value is -3.81. The molecule has 4 aromatic rings. The highest BCUT2D eigenvalue weighted by molar-refractivity contribution is 5.94. The molecule has 0 fully saturated rings. The van der Waals surface area contributed by atoms with E-state index in [9.17, 15) is 4.79 Å². The van der Waals surface area contributed by atoms with Crippen LogP contribution < -0.4 is 11.1 Å². The number of hydrogen-bond acceptors (Lipinski definition) is 6. The summed E-state index contributed by atoms with van der Waals surface area (Å²) in [6, 6.07) is 16.8. The van der Waals surface area contributed by atoms with Gasteiger partial charge in [0.05, 0.1) is 5.69 Å². The summed E-state index contributed by atoms with van der Waals surface area (Å²) in [6.45, 7) is 0.458. The molecule has 1 amide bonds. The number of nitrogens with two attached hydrogens (primary N) is 1. The van der Waals surface area contributed by atoms with E-state index in [4.69, 9.17) is 5.73 Å². The summed E-state index contributed by atoms with van der Waals surface area (Å²) in [6.07, 6.45) is 1.36. The zero-order valence-corrected chi connectivity index (χ0v) is 13.7. The molecule has 0 unspecified atom stereocenters. The van der Waals surface area contributed by atoms with Crippen LogP contribution in [0.4, 0.5) is 5.82 Å². The molecule has 3 N–H and O–H groups in total. The maximum atomic E-state index is 12.5. The summed E-state index contributed by atoms with van der Waals surface area (Å²) in [5.74, 6) is 0.0901. The summed E-state index contributed by atoms with van der Waals surface area (Å²) < 4.78 is 1.53. The number of carbonyl (C=O) groups is 1. The zero-order chi connectivity index (χ0) is 17.9. The van der Waals surface area contributed by atoms with Crippen molar-refractivity contribution in [2.24, 2.45) is 0 Å². The van der Waals surface area contributed by atoms with E-state index in [2.05, 4.69) is 25.6 Å². The highest BCUT2D eigenvalue weighted by Gasteiger charge is 2.13. The predicted molar refractivity (Wildman–Crippen MR) is 96.5 cm³/mol. The molecule has 0 aliphatic heterocycles. The van der Waals surface area contributed by atoms with Crippen molar-refractivity contribution in [1.29, 1.82) is 0 Å². The number of rotatable bonds is 4. The van der Waals surface area contributed by atoms with Gasteiger partial charge in [0.2, 0.25) is 0 Å². The molecule has 2 aromatic carbocycles. The number of nitrogen functional groups attached to an aromatic ring is 1. The van der Waals surface area contributed by atoms with Crippen LogP contribution in [0, 0.1) is 0 Å². The van der Waals surface area contributed by atoms with Crippen LogP contribution in [0.2, 0.25) is 0 Å². The summed E-state index contributed by atoms with van der Waals surface area (Å²) in [7, 11) is 0. The summed E-state index contributed by atoms with van der Waals surface area (Å²) >= 11 is 0. The SMILES string of the molecule is Nc1ncnc2c1nnn2-c1cccc(C(=O)NCc2ccccc2)c1. The molecular formula is C18H15N7O. The number of aromatic nitrogens is 5. The van der Waals surface area contributed by atoms with Gasteiger partial charge in [-0.3, -0.25) is 4.79 Å². The third kappa shape index (κ3) is 2.95. The molecule has 0 radical (unpaired) electrons. The lowest BCUT2D eigenvalue weighted by Crippen LogP contribution is -2.22. The van der Waals surface area contributed by atoms with Crippen molar-refractivity contribution >= 4 is 22.9 Å². The van der Waals surface area contributed by atoms with E-state index >= 15 is 0 Å². The average Bonchev–Trinajstić information content (AvgIpc) is 3.12. The minimum absolute atomic E-state index is 0.172. The van der Waals surface area contributed by atoms with Crippen molar-refractivity contribution in [2.45, 2.75) is 6.54 Å². The topological polar surface area (TPSA) is 112 Å². The molecule has 4 rings (SSSR count). The van der Waals surface area contributed by atoms with E-state index in [0.717, 1.165) is 5.56 Å². The van der Waals surface area contributed by atoms with Gasteiger partial charge in [0, 0.05) is 12.1 Å². The van der Waals surface area contributed by atoms with Gasteiger partial charge in [0.15, 0.2) is 17.0 Å². The van der Waals surface area contributed by atoms with Gasteiger partial charge in [-0.05, 0) is 23.8 Å². The third-order valence-corrected chi connectivity index (χ3v) is 3.91. The lowest BCUT2D eigenvalue weighted by molar-refractivity contribution is 0.0951. The molecule has 0 atom stereocenters. The number of hydrogen-bond donors (Lipinski definition) is 2. The fourth-order valence-electron chi connectivity index (χ4n) is 2.60. The van der Waals surface area contributed by atoms with Crippen LogP contribution in [0.15, 0.2) is 60.9 Å². The van der Waals surface area contributed by atoms with Gasteiger partial charge in [-0.25, -0.2) is 9.97 Å². The predicted octanol–water partition coefficient (Wildman–Crippen LogP) is 1.72. The zero-order valence-electron chi connectivity index (χ0n) is 13.7. The monoisotopic (exact) mass is 345 g/mol. The van der Waals surface area contributed by atoms with Gasteiger partial charge in [-0.2, -0.15) is 4.68 Å². The van der Waals surface area contributed by atoms with Crippen LogP contribution >= 0.6 is 0 Å². The van der Waals surface area contributed by atoms with Crippen LogP contribution in [-0.4, -0.2) is 30.9 Å². The van der Waals surface area contributed by atoms with Crippen molar-refractivity contribution in [3.05, 3.63) is 72.1 Å². The molecule has 0 spiro atoms. The van der Waals surface area contributed by atoms with Gasteiger partial charge in [0.25, 0.3) is 5.91 Å². The van der Waals surface area contributed by atoms with Crippen molar-refractivity contribution < 1.29 is 4.79 Å². The molecule has 26 heavy (non-hydrogen) atoms. The van der Waals surface area contributed by atoms with Crippen molar-refractivity contribution in [3.8, 4) is 5.69 Å². The van der Waals surface area contributed by atoms with Crippen LogP contribution in [0.25, 0.3) is 16.9 Å². The number of anilines is 1. The lowest BCUT2D eigenvalue weighted by atomic mass is 10.1. The minimum atomic E-state index is -0.172. The van der Waals surface area contributed by atoms with Crippen LogP contribution in [0.3, 0.4) is 0 Å². The van der Waals surface area contributed by atoms with E-state index in [-0.39, 0.29) is 11.7 Å². The molecule has 0 aliphatic carbocycles. The van der Waals surface area contributed by atoms with Crippen LogP contribution in [0.1, 0.15) is 15.9 Å². The van der Waals surface area contributed by atoms with Gasteiger partial charge in [-0.1, -0.05) is 41.6 Å². The standard InChI is InChI=1S/C18H15N7O/c19-16-15-17(22-11-21-16)25(24-23-15)14-8-4-7-13(9-14)18(26)20-10-12-5-2-1-3-6-12/h1-9,11H,10H2,(H,20,26)(H2,19,21,22). The van der Waals surface area contributed by atoms with Gasteiger partial charge in [-0.15, -0.1) is 5.10 Å². The molecule has 8 nitrogen and oxygen atoms in total. The van der Waals surface area contributed by atoms with Gasteiger partial charge in [0.1, 0.15) is 6.33 Å². The lowest BCUT2D eigenvalue weighted by Gasteiger charge is -2.07. The Balaban J connectivity index is 1.60. The second-order valence-electron chi connectivity index (χ2n) is 5.65. The third-order valence-electron chi connectivity index (χ3n) is 3.91. The summed E-state index contributed by atoms with van der Waals surface area (Å²) in [5, 5.41) is 11.0. The van der Waals surface area contributed by atoms with E-state index in [1.54, 1.807) is 18.2 Å². The second-order valence-corrected chi connectivity index (χ2v) is 5.65. The van der Waals surface area contributed by atoms with Crippen molar-refractivity contribution in [2.75, 3.05) is 5.73 Å². The second kappa shape index (κ2) is 6.60. The molecule has 0 saturated heterocycles. The van der Waals surface area contributed by atoms with E-state index in [0.29, 0.717) is 29.0 Å². The van der Waals surface area contributed by atoms with Gasteiger partial charge >= 0.3 is 0 Å². The Labute approximate surface area is 148 Å². The highest BCUT2D eigenvalue weighted by Crippen LogP contribution is 2.18. The van der Waals surface area contributed by atoms with Crippen LogP contribution in [0.5, 0.6) is 0 Å². The first-order valence-corrected chi connectivity index (χ1v) is 7.97. The molecule has 128 valence electrons. The molecule has 8 heteroatoms. The number of amides is 1. The maximum Gasteiger partial charge on any atom is 0.251 e. The Morgan fingerprint density at radius 3 is 2.77 bits per heavy atom. The van der Waals surface area contributed by atoms with Crippen molar-refractivity contribution in [3.63, 3.8) is 0 Å². The van der Waals surface area contributed by atoms with E-state index in [1.165, 1.54) is 11.0 Å². The van der Waals surface area contributed by atoms with Gasteiger partial charge < -0.3 is 11.1 Å². The fraction of sp³-hybridized carbons (Fsp3) is 0.0556. The summed E-state index contributed by atoms with van der Waals surface area (Å²) in [5.41, 5.74) is 8.91. The Kier molecular flexibility index (Phi) is 3.98. The Morgan fingerprint density at radius 2 is 1.92 bits per heavy atom. The average molecular weight is 345 g/mol. The first kappa shape index (κ1) is 15.7. The summed E-state index contributed by atoms with van der Waals surface area (Å²) in [4.78, 5) is 20.5. The number of carbonyl (C=O) groups excluding carboxylic acids is 1. The minimum Gasteiger partial charge on any atom is -0.382 e. The van der Waals surface area contributed by atoms with Crippen molar-refractivity contribution in [1.82, 2.24) is 30.3 Å². The first-order valence-electron chi connectivity index (χ1n) is 7.97. The van der Waals surface area contributed by atoms with E-state index < -0.39 is 0 Å². The molecular weight excluding hydrogens is 330 g/mol. The molecule has 0 saturated carbocycles. The highest BCUT2D eigenvalue weighted by atomic mass is 16.1. The number of nitrogens with one attached hydrogen (secondary N) is 1. The molecule has 0 bridgehead atoms. The largest absolute Gasteiger partial charge is 0.382 e. The normalized spacial score (nSPS) is 10.8. The number of benzene rings is 2. The van der Waals surface area contributed by atoms with Crippen LogP contribution in [-0.2, 0) is 6.54 Å². The van der Waals surface area contributed by atoms with E-state index in [1.807, 2.05) is 36.4 Å². The quantitative estimate of drug-likeness (QED) is 0.582. The molecule has 2 heterocycles. The molecule has 0 aliphatic rings. The maximum absolute atomic E-state index is 12.5. The first-order chi connectivity index (χ1) is 12.7. The fourth-order valence-corrected chi connectivity index (χ4v) is 2.60. The number of fused-ring (bicyclic) bond motifs is 1. The smallest absolute Gasteiger partial charge is 0.251 e. The number of nitrogens with zero attached hydrogens (tertiary/aromatic N) is 5.